The van der Waals surface area contributed by atoms with Crippen LogP contribution in [0.2, 0.25) is 0 Å². The largest absolute Gasteiger partial charge is 0.382 e. The fraction of sp³-hybridized carbons (Fsp3) is 0.889. The number of carbonyl (C=O) groups excluding carboxylic acids is 1. The Bertz CT molecular complexity index is 200. The van der Waals surface area contributed by atoms with E-state index in [4.69, 9.17) is 0 Å². The monoisotopic (exact) mass is 154 g/mol. The van der Waals surface area contributed by atoms with Crippen molar-refractivity contribution in [3.05, 3.63) is 0 Å². The normalized spacial score (nSPS) is 48.2. The highest BCUT2D eigenvalue weighted by Gasteiger charge is 2.52. The minimum Gasteiger partial charge on any atom is -0.382 e. The van der Waals surface area contributed by atoms with E-state index in [2.05, 4.69) is 0 Å². The highest BCUT2D eigenvalue weighted by molar-refractivity contribution is 5.85. The number of hydrogen-bond acceptors (Lipinski definition) is 2. The maximum Gasteiger partial charge on any atom is 0.161 e. The molecule has 62 valence electrons. The van der Waals surface area contributed by atoms with Gasteiger partial charge in [-0.15, -0.1) is 0 Å². The van der Waals surface area contributed by atoms with Crippen LogP contribution < -0.4 is 0 Å². The van der Waals surface area contributed by atoms with Crippen LogP contribution in [-0.4, -0.2) is 16.5 Å². The van der Waals surface area contributed by atoms with Gasteiger partial charge >= 0.3 is 0 Å². The van der Waals surface area contributed by atoms with E-state index in [-0.39, 0.29) is 11.7 Å². The van der Waals surface area contributed by atoms with Gasteiger partial charge < -0.3 is 5.11 Å². The van der Waals surface area contributed by atoms with E-state index < -0.39 is 5.60 Å². The van der Waals surface area contributed by atoms with E-state index in [9.17, 15) is 9.90 Å². The van der Waals surface area contributed by atoms with E-state index in [1.54, 1.807) is 0 Å². The Hall–Kier alpha value is -0.370. The smallest absolute Gasteiger partial charge is 0.161 e. The molecule has 2 rings (SSSR count). The molecule has 2 heteroatoms. The molecule has 2 bridgehead atoms. The fourth-order valence-corrected chi connectivity index (χ4v) is 2.73. The molecule has 2 aliphatic rings. The summed E-state index contributed by atoms with van der Waals surface area (Å²) in [5.41, 5.74) is -0.928. The number of ketones is 1. The molecule has 11 heavy (non-hydrogen) atoms. The van der Waals surface area contributed by atoms with Gasteiger partial charge in [-0.1, -0.05) is 0 Å². The molecule has 2 saturated carbocycles. The first kappa shape index (κ1) is 7.29. The predicted octanol–water partition coefficient (Wildman–Crippen LogP) is 1.13. The van der Waals surface area contributed by atoms with Crippen LogP contribution in [-0.2, 0) is 4.79 Å². The van der Waals surface area contributed by atoms with Crippen LogP contribution in [0.15, 0.2) is 0 Å². The topological polar surface area (TPSA) is 37.3 Å². The van der Waals surface area contributed by atoms with Crippen molar-refractivity contribution in [3.63, 3.8) is 0 Å². The molecule has 0 saturated heterocycles. The summed E-state index contributed by atoms with van der Waals surface area (Å²) in [5, 5.41) is 9.91. The summed E-state index contributed by atoms with van der Waals surface area (Å²) in [6, 6.07) is 0. The maximum atomic E-state index is 11.1. The fourth-order valence-electron chi connectivity index (χ4n) is 2.73. The average Bonchev–Trinajstić information content (AvgIpc) is 2.45. The number of Topliss-reactive ketones (excluding diaryl/α,β-unsaturated/α-hetero) is 1. The van der Waals surface area contributed by atoms with Gasteiger partial charge in [-0.3, -0.25) is 4.79 Å². The first-order valence-corrected chi connectivity index (χ1v) is 4.36. The Balaban J connectivity index is 2.23. The van der Waals surface area contributed by atoms with Crippen LogP contribution in [0.1, 0.15) is 32.6 Å². The number of aliphatic hydroxyl groups is 1. The molecule has 0 aromatic heterocycles. The molecule has 0 unspecified atom stereocenters. The summed E-state index contributed by atoms with van der Waals surface area (Å²) in [5.74, 6) is 0.892. The third-order valence-corrected chi connectivity index (χ3v) is 3.43. The second-order valence-electron chi connectivity index (χ2n) is 4.06. The summed E-state index contributed by atoms with van der Waals surface area (Å²) < 4.78 is 0. The SMILES string of the molecule is CC(=O)[C@]1(O)C[C@H]2CC[C@H]1C2. The van der Waals surface area contributed by atoms with Crippen LogP contribution in [0.25, 0.3) is 0 Å². The van der Waals surface area contributed by atoms with Gasteiger partial charge in [0, 0.05) is 0 Å². The van der Waals surface area contributed by atoms with Crippen molar-refractivity contribution in [2.75, 3.05) is 0 Å². The second kappa shape index (κ2) is 2.07. The minimum atomic E-state index is -0.928. The molecule has 2 nitrogen and oxygen atoms in total. The molecule has 1 N–H and O–H groups in total. The van der Waals surface area contributed by atoms with Gasteiger partial charge in [-0.25, -0.2) is 0 Å². The van der Waals surface area contributed by atoms with Gasteiger partial charge in [0.2, 0.25) is 0 Å². The van der Waals surface area contributed by atoms with Gasteiger partial charge in [-0.2, -0.15) is 0 Å². The second-order valence-corrected chi connectivity index (χ2v) is 4.06. The first-order valence-electron chi connectivity index (χ1n) is 4.36. The molecule has 3 atom stereocenters. The Morgan fingerprint density at radius 1 is 1.55 bits per heavy atom. The first-order chi connectivity index (χ1) is 5.13. The summed E-state index contributed by atoms with van der Waals surface area (Å²) >= 11 is 0. The Kier molecular flexibility index (Phi) is 1.37. The molecule has 0 radical (unpaired) electrons. The molecular formula is C9H14O2. The van der Waals surface area contributed by atoms with E-state index in [0.717, 1.165) is 19.3 Å². The lowest BCUT2D eigenvalue weighted by atomic mass is 9.81. The van der Waals surface area contributed by atoms with E-state index in [0.29, 0.717) is 5.92 Å². The van der Waals surface area contributed by atoms with Gasteiger partial charge in [-0.05, 0) is 44.4 Å². The predicted molar refractivity (Wildman–Crippen MR) is 41.1 cm³/mol. The number of carbonyl (C=O) groups is 1. The summed E-state index contributed by atoms with van der Waals surface area (Å²) in [6.07, 6.45) is 4.09. The zero-order valence-corrected chi connectivity index (χ0v) is 6.84. The van der Waals surface area contributed by atoms with Gasteiger partial charge in [0.05, 0.1) is 0 Å². The maximum absolute atomic E-state index is 11.1. The molecule has 2 aliphatic carbocycles. The summed E-state index contributed by atoms with van der Waals surface area (Å²) in [4.78, 5) is 11.1. The van der Waals surface area contributed by atoms with Crippen LogP contribution >= 0.6 is 0 Å². The van der Waals surface area contributed by atoms with E-state index in [1.807, 2.05) is 0 Å². The van der Waals surface area contributed by atoms with Crippen molar-refractivity contribution in [2.24, 2.45) is 11.8 Å². The molecule has 0 aliphatic heterocycles. The molecule has 0 aromatic carbocycles. The molecule has 0 amide bonds. The van der Waals surface area contributed by atoms with Crippen molar-refractivity contribution in [3.8, 4) is 0 Å². The third-order valence-electron chi connectivity index (χ3n) is 3.43. The lowest BCUT2D eigenvalue weighted by Crippen LogP contribution is -2.42. The number of hydrogen-bond donors (Lipinski definition) is 1. The molecular weight excluding hydrogens is 140 g/mol. The zero-order valence-electron chi connectivity index (χ0n) is 6.84. The quantitative estimate of drug-likeness (QED) is 0.614. The van der Waals surface area contributed by atoms with Crippen LogP contribution in [0.4, 0.5) is 0 Å². The Labute approximate surface area is 66.6 Å². The summed E-state index contributed by atoms with van der Waals surface area (Å²) in [6.45, 7) is 1.51. The molecule has 2 fully saturated rings. The van der Waals surface area contributed by atoms with Gasteiger partial charge in [0.1, 0.15) is 5.60 Å². The molecule has 0 heterocycles. The van der Waals surface area contributed by atoms with Crippen molar-refractivity contribution in [1.82, 2.24) is 0 Å². The Morgan fingerprint density at radius 2 is 2.27 bits per heavy atom. The van der Waals surface area contributed by atoms with Gasteiger partial charge in [0.25, 0.3) is 0 Å². The minimum absolute atomic E-state index is 0.0234. The van der Waals surface area contributed by atoms with Crippen LogP contribution in [0, 0.1) is 11.8 Å². The van der Waals surface area contributed by atoms with Crippen molar-refractivity contribution in [1.29, 1.82) is 0 Å². The standard InChI is InChI=1S/C9H14O2/c1-6(10)9(11)5-7-2-3-8(9)4-7/h7-8,11H,2-5H2,1H3/t7-,8-,9+/m0/s1. The highest BCUT2D eigenvalue weighted by Crippen LogP contribution is 2.50. The average molecular weight is 154 g/mol. The Morgan fingerprint density at radius 3 is 2.55 bits per heavy atom. The number of fused-ring (bicyclic) bond motifs is 2. The molecule has 0 aromatic rings. The van der Waals surface area contributed by atoms with Crippen molar-refractivity contribution < 1.29 is 9.90 Å². The number of rotatable bonds is 1. The summed E-state index contributed by atoms with van der Waals surface area (Å²) in [7, 11) is 0. The third kappa shape index (κ3) is 0.853. The highest BCUT2D eigenvalue weighted by atomic mass is 16.3. The lowest BCUT2D eigenvalue weighted by Gasteiger charge is -2.29. The van der Waals surface area contributed by atoms with Crippen LogP contribution in [0.5, 0.6) is 0 Å². The van der Waals surface area contributed by atoms with Crippen molar-refractivity contribution >= 4 is 5.78 Å². The van der Waals surface area contributed by atoms with Crippen molar-refractivity contribution in [2.45, 2.75) is 38.2 Å². The van der Waals surface area contributed by atoms with Gasteiger partial charge in [0.15, 0.2) is 5.78 Å². The molecule has 0 spiro atoms. The van der Waals surface area contributed by atoms with Crippen LogP contribution in [0.3, 0.4) is 0 Å². The van der Waals surface area contributed by atoms with E-state index >= 15 is 0 Å². The van der Waals surface area contributed by atoms with E-state index in [1.165, 1.54) is 13.3 Å². The lowest BCUT2D eigenvalue weighted by molar-refractivity contribution is -0.140. The zero-order chi connectivity index (χ0) is 8.06.